The minimum Gasteiger partial charge on any atom is -0.393 e. The van der Waals surface area contributed by atoms with Crippen LogP contribution < -0.4 is 0 Å². The molecule has 1 N–H and O–H groups in total. The lowest BCUT2D eigenvalue weighted by atomic mass is 9.43. The summed E-state index contributed by atoms with van der Waals surface area (Å²) in [6.45, 7) is 14.9. The number of rotatable bonds is 4. The van der Waals surface area contributed by atoms with Crippen molar-refractivity contribution in [2.75, 3.05) is 0 Å². The minimum absolute atomic E-state index is 0.0308. The summed E-state index contributed by atoms with van der Waals surface area (Å²) in [5, 5.41) is 10.6. The summed E-state index contributed by atoms with van der Waals surface area (Å²) in [4.78, 5) is 0. The fourth-order valence-corrected chi connectivity index (χ4v) is 10.8. The molecule has 0 aliphatic heterocycles. The van der Waals surface area contributed by atoms with E-state index < -0.39 is 0 Å². The molecule has 5 rings (SSSR count). The van der Waals surface area contributed by atoms with E-state index in [-0.39, 0.29) is 6.10 Å². The second-order valence-corrected chi connectivity index (χ2v) is 13.5. The fraction of sp³-hybridized carbons (Fsp3) is 0.931. The van der Waals surface area contributed by atoms with E-state index in [2.05, 4.69) is 47.6 Å². The molecule has 0 aromatic rings. The standard InChI is InChI=1S/C29H48O/c1-19(2)8-7-9-20(3)22-12-14-27(6)25-11-10-23-21(4)24(30)13-15-28(23)18-29(25,28)17-16-26(22,27)5/h8,20-25,30H,7,9-18H2,1-6H3/t20-,21+,22-,23+,24+,25+,26-,27+,28-,29+/m1/s1/i19+2. The van der Waals surface area contributed by atoms with Crippen LogP contribution in [0.4, 0.5) is 0 Å². The average molecular weight is 415 g/mol. The molecular formula is C29H48O. The molecule has 2 spiro atoms. The summed E-state index contributed by atoms with van der Waals surface area (Å²) in [6, 6.07) is 0. The van der Waals surface area contributed by atoms with Crippen molar-refractivity contribution in [3.8, 4) is 0 Å². The van der Waals surface area contributed by atoms with Crippen molar-refractivity contribution in [1.82, 2.24) is 0 Å². The number of allylic oxidation sites excluding steroid dienone is 2. The zero-order valence-corrected chi connectivity index (χ0v) is 20.8. The lowest BCUT2D eigenvalue weighted by Gasteiger charge is -2.62. The lowest BCUT2D eigenvalue weighted by Crippen LogP contribution is -2.55. The first kappa shape index (κ1) is 21.5. The van der Waals surface area contributed by atoms with Gasteiger partial charge in [-0.05, 0) is 136 Å². The minimum atomic E-state index is -0.0308. The largest absolute Gasteiger partial charge is 0.393 e. The second-order valence-electron chi connectivity index (χ2n) is 13.5. The number of aliphatic hydroxyl groups is 1. The van der Waals surface area contributed by atoms with Gasteiger partial charge in [0.05, 0.1) is 6.10 Å². The van der Waals surface area contributed by atoms with E-state index in [1.807, 2.05) is 0 Å². The molecule has 0 saturated heterocycles. The van der Waals surface area contributed by atoms with Crippen molar-refractivity contribution >= 4 is 0 Å². The van der Waals surface area contributed by atoms with Crippen LogP contribution in [0.15, 0.2) is 11.6 Å². The number of hydrogen-bond acceptors (Lipinski definition) is 1. The molecule has 0 unspecified atom stereocenters. The van der Waals surface area contributed by atoms with E-state index in [1.54, 1.807) is 0 Å². The highest BCUT2D eigenvalue weighted by Gasteiger charge is 2.81. The van der Waals surface area contributed by atoms with Gasteiger partial charge in [0.25, 0.3) is 0 Å². The molecule has 0 amide bonds. The van der Waals surface area contributed by atoms with Crippen LogP contribution in [-0.2, 0) is 0 Å². The number of aliphatic hydroxyl groups excluding tert-OH is 1. The molecule has 1 heteroatoms. The van der Waals surface area contributed by atoms with Gasteiger partial charge in [-0.1, -0.05) is 39.3 Å². The molecule has 170 valence electrons. The Hall–Kier alpha value is -0.300. The van der Waals surface area contributed by atoms with Crippen LogP contribution in [0.5, 0.6) is 0 Å². The highest BCUT2D eigenvalue weighted by Crippen LogP contribution is 2.88. The maximum atomic E-state index is 10.6. The van der Waals surface area contributed by atoms with E-state index in [0.717, 1.165) is 30.1 Å². The van der Waals surface area contributed by atoms with Crippen molar-refractivity contribution in [2.24, 2.45) is 51.2 Å². The summed E-state index contributed by atoms with van der Waals surface area (Å²) in [5.74, 6) is 4.08. The molecule has 0 aromatic heterocycles. The van der Waals surface area contributed by atoms with Crippen molar-refractivity contribution in [1.29, 1.82) is 0 Å². The third-order valence-corrected chi connectivity index (χ3v) is 12.6. The molecule has 5 aliphatic rings. The summed E-state index contributed by atoms with van der Waals surface area (Å²) >= 11 is 0. The highest BCUT2D eigenvalue weighted by molar-refractivity contribution is 5.29. The molecule has 0 heterocycles. The predicted octanol–water partition coefficient (Wildman–Crippen LogP) is 7.78. The maximum Gasteiger partial charge on any atom is 0.0568 e. The first-order valence-electron chi connectivity index (χ1n) is 13.4. The van der Waals surface area contributed by atoms with Crippen molar-refractivity contribution < 1.29 is 5.11 Å². The maximum absolute atomic E-state index is 10.6. The summed E-state index contributed by atoms with van der Waals surface area (Å²) < 4.78 is 0. The first-order chi connectivity index (χ1) is 14.1. The summed E-state index contributed by atoms with van der Waals surface area (Å²) in [7, 11) is 0. The lowest BCUT2D eigenvalue weighted by molar-refractivity contribution is -0.142. The molecule has 5 aliphatic carbocycles. The van der Waals surface area contributed by atoms with E-state index in [4.69, 9.17) is 0 Å². The van der Waals surface area contributed by atoms with Crippen LogP contribution in [0.1, 0.15) is 112 Å². The third-order valence-electron chi connectivity index (χ3n) is 12.6. The van der Waals surface area contributed by atoms with Crippen molar-refractivity contribution in [2.45, 2.75) is 118 Å². The van der Waals surface area contributed by atoms with Gasteiger partial charge in [0, 0.05) is 0 Å². The Morgan fingerprint density at radius 3 is 2.47 bits per heavy atom. The molecule has 1 nitrogen and oxygen atoms in total. The molecule has 5 saturated carbocycles. The molecule has 0 radical (unpaired) electrons. The zero-order chi connectivity index (χ0) is 21.5. The van der Waals surface area contributed by atoms with Crippen LogP contribution in [0.2, 0.25) is 0 Å². The quantitative estimate of drug-likeness (QED) is 0.466. The van der Waals surface area contributed by atoms with Gasteiger partial charge in [-0.15, -0.1) is 0 Å². The Morgan fingerprint density at radius 1 is 0.967 bits per heavy atom. The van der Waals surface area contributed by atoms with E-state index in [9.17, 15) is 5.11 Å². The Morgan fingerprint density at radius 2 is 1.73 bits per heavy atom. The average Bonchev–Trinajstić information content (AvgIpc) is 3.27. The van der Waals surface area contributed by atoms with Crippen molar-refractivity contribution in [3.05, 3.63) is 11.6 Å². The van der Waals surface area contributed by atoms with Crippen LogP contribution in [-0.4, -0.2) is 11.2 Å². The van der Waals surface area contributed by atoms with Crippen LogP contribution in [0, 0.1) is 51.2 Å². The van der Waals surface area contributed by atoms with Crippen molar-refractivity contribution in [3.63, 3.8) is 0 Å². The SMILES string of the molecule is C[C@@H]1[C@@H](O)CC[C@]23C[C@]24CC[C@]2(C)[C@@H]([C@H](C)CCC=[14C](C)C)CC[C@@]2(C)[C@@H]4CC[C@@H]13. The Labute approximate surface area is 186 Å². The monoisotopic (exact) mass is 414 g/mol. The molecule has 5 fully saturated rings. The Bertz CT molecular complexity index is 720. The number of fused-ring (bicyclic) bond motifs is 2. The van der Waals surface area contributed by atoms with E-state index in [1.165, 1.54) is 69.8 Å². The molecular weight excluding hydrogens is 366 g/mol. The third kappa shape index (κ3) is 2.57. The van der Waals surface area contributed by atoms with Crippen LogP contribution in [0.25, 0.3) is 0 Å². The Kier molecular flexibility index (Phi) is 4.92. The number of hydrogen-bond donors (Lipinski definition) is 1. The molecule has 0 bridgehead atoms. The molecule has 30 heavy (non-hydrogen) atoms. The Balaban J connectivity index is 1.39. The van der Waals surface area contributed by atoms with E-state index in [0.29, 0.717) is 27.6 Å². The summed E-state index contributed by atoms with van der Waals surface area (Å²) in [5.41, 5.74) is 3.84. The van der Waals surface area contributed by atoms with E-state index >= 15 is 0 Å². The fourth-order valence-electron chi connectivity index (χ4n) is 10.8. The van der Waals surface area contributed by atoms with Gasteiger partial charge in [-0.3, -0.25) is 0 Å². The normalized spacial score (nSPS) is 55.0. The smallest absolute Gasteiger partial charge is 0.0568 e. The topological polar surface area (TPSA) is 20.2 Å². The summed E-state index contributed by atoms with van der Waals surface area (Å²) in [6.07, 6.45) is 17.8. The molecule has 10 atom stereocenters. The molecule has 0 aromatic carbocycles. The van der Waals surface area contributed by atoms with Gasteiger partial charge in [0.1, 0.15) is 0 Å². The van der Waals surface area contributed by atoms with Gasteiger partial charge in [0.2, 0.25) is 0 Å². The predicted molar refractivity (Wildman–Crippen MR) is 126 cm³/mol. The van der Waals surface area contributed by atoms with Gasteiger partial charge in [0.15, 0.2) is 0 Å². The van der Waals surface area contributed by atoms with Crippen LogP contribution in [0.3, 0.4) is 0 Å². The first-order valence-corrected chi connectivity index (χ1v) is 13.4. The van der Waals surface area contributed by atoms with Crippen LogP contribution >= 0.6 is 0 Å². The van der Waals surface area contributed by atoms with Gasteiger partial charge >= 0.3 is 0 Å². The van der Waals surface area contributed by atoms with Gasteiger partial charge in [-0.2, -0.15) is 0 Å². The highest BCUT2D eigenvalue weighted by atomic mass is 16.3. The zero-order valence-electron chi connectivity index (χ0n) is 20.8. The van der Waals surface area contributed by atoms with Gasteiger partial charge < -0.3 is 5.11 Å². The second kappa shape index (κ2) is 6.85. The van der Waals surface area contributed by atoms with Gasteiger partial charge in [-0.25, -0.2) is 0 Å².